The van der Waals surface area contributed by atoms with Crippen LogP contribution in [0.3, 0.4) is 0 Å². The molecule has 4 rings (SSSR count). The number of anilines is 1. The summed E-state index contributed by atoms with van der Waals surface area (Å²) in [6, 6.07) is 5.89. The maximum atomic E-state index is 6.37. The topological polar surface area (TPSA) is 13.0 Å². The average Bonchev–Trinajstić information content (AvgIpc) is 3.14. The number of fused-ring (bicyclic) bond motifs is 1. The van der Waals surface area contributed by atoms with E-state index < -0.39 is 0 Å². The largest absolute Gasteiger partial charge is 0.368 e. The van der Waals surface area contributed by atoms with Crippen LogP contribution in [0.15, 0.2) is 54.4 Å². The molecule has 0 aliphatic carbocycles. The van der Waals surface area contributed by atoms with E-state index in [-0.39, 0.29) is 0 Å². The third-order valence-corrected chi connectivity index (χ3v) is 6.53. The third kappa shape index (κ3) is 4.57. The summed E-state index contributed by atoms with van der Waals surface area (Å²) in [6.07, 6.45) is 14.6. The van der Waals surface area contributed by atoms with Crippen molar-refractivity contribution in [2.75, 3.05) is 50.7 Å². The SMILES string of the molecule is Clc1cccc(N2CCN(CCCCCN3CC=C4C=CC=CN43)CC2)c1Cl. The second-order valence-electron chi connectivity index (χ2n) is 7.55. The Hall–Kier alpha value is -1.46. The lowest BCUT2D eigenvalue weighted by Crippen LogP contribution is -2.46. The maximum absolute atomic E-state index is 6.37. The predicted octanol–water partition coefficient (Wildman–Crippen LogP) is 4.79. The molecule has 3 aliphatic heterocycles. The third-order valence-electron chi connectivity index (χ3n) is 5.72. The molecular formula is C22H28Cl2N4. The van der Waals surface area contributed by atoms with E-state index in [2.05, 4.69) is 56.4 Å². The molecule has 0 unspecified atom stereocenters. The number of halogens is 2. The summed E-state index contributed by atoms with van der Waals surface area (Å²) in [5, 5.41) is 6.01. The van der Waals surface area contributed by atoms with E-state index >= 15 is 0 Å². The highest BCUT2D eigenvalue weighted by molar-refractivity contribution is 6.43. The minimum atomic E-state index is 0.637. The van der Waals surface area contributed by atoms with Gasteiger partial charge in [-0.2, -0.15) is 0 Å². The summed E-state index contributed by atoms with van der Waals surface area (Å²) in [5.74, 6) is 0. The van der Waals surface area contributed by atoms with Crippen LogP contribution in [0, 0.1) is 0 Å². The maximum Gasteiger partial charge on any atom is 0.0825 e. The minimum Gasteiger partial charge on any atom is -0.368 e. The van der Waals surface area contributed by atoms with Gasteiger partial charge in [0.1, 0.15) is 0 Å². The Morgan fingerprint density at radius 2 is 1.71 bits per heavy atom. The van der Waals surface area contributed by atoms with E-state index in [1.54, 1.807) is 0 Å². The highest BCUT2D eigenvalue weighted by Gasteiger charge is 2.21. The average molecular weight is 419 g/mol. The van der Waals surface area contributed by atoms with Crippen molar-refractivity contribution in [2.45, 2.75) is 19.3 Å². The first-order valence-electron chi connectivity index (χ1n) is 10.2. The van der Waals surface area contributed by atoms with Crippen LogP contribution in [0.2, 0.25) is 10.0 Å². The molecule has 0 amide bonds. The van der Waals surface area contributed by atoms with Gasteiger partial charge < -0.3 is 4.90 Å². The van der Waals surface area contributed by atoms with Crippen LogP contribution in [0.4, 0.5) is 5.69 Å². The number of piperazine rings is 1. The predicted molar refractivity (Wildman–Crippen MR) is 119 cm³/mol. The highest BCUT2D eigenvalue weighted by atomic mass is 35.5. The van der Waals surface area contributed by atoms with Crippen LogP contribution in [0.25, 0.3) is 0 Å². The van der Waals surface area contributed by atoms with E-state index in [0.29, 0.717) is 10.0 Å². The standard InChI is InChI=1S/C22H28Cl2N4/c23-20-8-6-9-21(22(20)24)26-17-15-25(16-18-26)11-3-1-4-12-27-14-10-19-7-2-5-13-28(19)27/h2,5-10,13H,1,3-4,11-12,14-18H2. The Morgan fingerprint density at radius 3 is 2.57 bits per heavy atom. The number of hydrogen-bond acceptors (Lipinski definition) is 4. The van der Waals surface area contributed by atoms with Crippen LogP contribution in [0.1, 0.15) is 19.3 Å². The van der Waals surface area contributed by atoms with Crippen molar-refractivity contribution >= 4 is 28.9 Å². The molecule has 28 heavy (non-hydrogen) atoms. The molecule has 0 bridgehead atoms. The van der Waals surface area contributed by atoms with Crippen LogP contribution in [0.5, 0.6) is 0 Å². The lowest BCUT2D eigenvalue weighted by atomic mass is 10.2. The van der Waals surface area contributed by atoms with E-state index in [1.807, 2.05) is 12.1 Å². The van der Waals surface area contributed by atoms with Gasteiger partial charge in [-0.3, -0.25) is 9.91 Å². The molecule has 6 heteroatoms. The zero-order valence-electron chi connectivity index (χ0n) is 16.2. The summed E-state index contributed by atoms with van der Waals surface area (Å²) >= 11 is 12.5. The summed E-state index contributed by atoms with van der Waals surface area (Å²) < 4.78 is 0. The molecule has 4 nitrogen and oxygen atoms in total. The van der Waals surface area contributed by atoms with Gasteiger partial charge in [-0.25, -0.2) is 5.01 Å². The Balaban J connectivity index is 1.12. The Morgan fingerprint density at radius 1 is 0.893 bits per heavy atom. The molecule has 1 aromatic rings. The van der Waals surface area contributed by atoms with Crippen molar-refractivity contribution in [1.29, 1.82) is 0 Å². The number of nitrogens with zero attached hydrogens (tertiary/aromatic N) is 4. The molecule has 1 aromatic carbocycles. The van der Waals surface area contributed by atoms with E-state index in [0.717, 1.165) is 45.0 Å². The van der Waals surface area contributed by atoms with Gasteiger partial charge in [0.2, 0.25) is 0 Å². The van der Waals surface area contributed by atoms with Gasteiger partial charge in [0.25, 0.3) is 0 Å². The molecule has 1 saturated heterocycles. The van der Waals surface area contributed by atoms with Gasteiger partial charge in [-0.15, -0.1) is 0 Å². The molecule has 150 valence electrons. The van der Waals surface area contributed by atoms with Crippen LogP contribution in [-0.2, 0) is 0 Å². The van der Waals surface area contributed by atoms with Crippen molar-refractivity contribution in [3.63, 3.8) is 0 Å². The van der Waals surface area contributed by atoms with Gasteiger partial charge in [0.05, 0.1) is 21.4 Å². The number of allylic oxidation sites excluding steroid dienone is 3. The van der Waals surface area contributed by atoms with E-state index in [4.69, 9.17) is 23.2 Å². The fraction of sp³-hybridized carbons (Fsp3) is 0.455. The fourth-order valence-corrected chi connectivity index (χ4v) is 4.52. The van der Waals surface area contributed by atoms with Gasteiger partial charge >= 0.3 is 0 Å². The first-order chi connectivity index (χ1) is 13.7. The summed E-state index contributed by atoms with van der Waals surface area (Å²) in [4.78, 5) is 4.92. The van der Waals surface area contributed by atoms with E-state index in [9.17, 15) is 0 Å². The van der Waals surface area contributed by atoms with Gasteiger partial charge in [-0.05, 0) is 49.7 Å². The fourth-order valence-electron chi connectivity index (χ4n) is 4.11. The normalized spacial score (nSPS) is 20.0. The quantitative estimate of drug-likeness (QED) is 0.590. The van der Waals surface area contributed by atoms with Gasteiger partial charge in [0.15, 0.2) is 0 Å². The second kappa shape index (κ2) is 9.36. The lowest BCUT2D eigenvalue weighted by molar-refractivity contribution is 0.0907. The van der Waals surface area contributed by atoms with Crippen molar-refractivity contribution < 1.29 is 0 Å². The van der Waals surface area contributed by atoms with E-state index in [1.165, 1.54) is 31.5 Å². The second-order valence-corrected chi connectivity index (χ2v) is 8.33. The minimum absolute atomic E-state index is 0.637. The zero-order chi connectivity index (χ0) is 19.3. The zero-order valence-corrected chi connectivity index (χ0v) is 17.7. The monoisotopic (exact) mass is 418 g/mol. The molecule has 3 heterocycles. The number of hydrazine groups is 1. The van der Waals surface area contributed by atoms with Crippen LogP contribution >= 0.6 is 23.2 Å². The molecule has 0 saturated carbocycles. The summed E-state index contributed by atoms with van der Waals surface area (Å²) in [7, 11) is 0. The molecule has 0 spiro atoms. The highest BCUT2D eigenvalue weighted by Crippen LogP contribution is 2.32. The number of hydrogen-bond donors (Lipinski definition) is 0. The van der Waals surface area contributed by atoms with Crippen molar-refractivity contribution in [1.82, 2.24) is 14.9 Å². The smallest absolute Gasteiger partial charge is 0.0825 e. The lowest BCUT2D eigenvalue weighted by Gasteiger charge is -2.36. The summed E-state index contributed by atoms with van der Waals surface area (Å²) in [6.45, 7) is 7.54. The van der Waals surface area contributed by atoms with Gasteiger partial charge in [-0.1, -0.05) is 41.8 Å². The summed E-state index contributed by atoms with van der Waals surface area (Å²) in [5.41, 5.74) is 2.37. The van der Waals surface area contributed by atoms with Crippen molar-refractivity contribution in [3.8, 4) is 0 Å². The van der Waals surface area contributed by atoms with Gasteiger partial charge in [0, 0.05) is 45.5 Å². The molecule has 1 fully saturated rings. The van der Waals surface area contributed by atoms with Crippen LogP contribution < -0.4 is 4.90 Å². The molecule has 0 N–H and O–H groups in total. The molecule has 0 atom stereocenters. The first kappa shape index (κ1) is 19.8. The van der Waals surface area contributed by atoms with Crippen molar-refractivity contribution in [3.05, 3.63) is 64.4 Å². The number of unbranched alkanes of at least 4 members (excludes halogenated alkanes) is 2. The molecule has 0 aromatic heterocycles. The number of rotatable bonds is 7. The number of benzene rings is 1. The Bertz CT molecular complexity index is 766. The first-order valence-corrected chi connectivity index (χ1v) is 11.0. The van der Waals surface area contributed by atoms with Crippen LogP contribution in [-0.4, -0.2) is 60.7 Å². The molecule has 0 radical (unpaired) electrons. The Labute approximate surface area is 178 Å². The molecule has 3 aliphatic rings. The molecular weight excluding hydrogens is 391 g/mol. The Kier molecular flexibility index (Phi) is 6.63. The van der Waals surface area contributed by atoms with Crippen molar-refractivity contribution in [2.24, 2.45) is 0 Å².